The predicted octanol–water partition coefficient (Wildman–Crippen LogP) is 1.58. The maximum atomic E-state index is 4.53. The number of hydrogen-bond donors (Lipinski definition) is 1. The van der Waals surface area contributed by atoms with Crippen molar-refractivity contribution in [3.8, 4) is 11.5 Å². The Morgan fingerprint density at radius 2 is 1.95 bits per heavy atom. The summed E-state index contributed by atoms with van der Waals surface area (Å²) in [4.78, 5) is 19.8. The normalized spacial score (nSPS) is 14.7. The minimum atomic E-state index is 0.581. The van der Waals surface area contributed by atoms with Gasteiger partial charge in [0, 0.05) is 26.3 Å². The molecule has 0 bridgehead atoms. The summed E-state index contributed by atoms with van der Waals surface area (Å²) in [5, 5.41) is 2.98. The Hall–Kier alpha value is -2.24. The summed E-state index contributed by atoms with van der Waals surface area (Å²) >= 11 is 0. The second-order valence-electron chi connectivity index (χ2n) is 4.44. The van der Waals surface area contributed by atoms with Crippen LogP contribution < -0.4 is 10.2 Å². The monoisotopic (exact) mass is 256 g/mol. The molecule has 0 saturated carbocycles. The smallest absolute Gasteiger partial charge is 0.230 e. The van der Waals surface area contributed by atoms with Gasteiger partial charge in [-0.1, -0.05) is 6.07 Å². The molecule has 2 aromatic heterocycles. The predicted molar refractivity (Wildman–Crippen MR) is 74.1 cm³/mol. The molecule has 0 spiro atoms. The van der Waals surface area contributed by atoms with E-state index < -0.39 is 0 Å². The van der Waals surface area contributed by atoms with E-state index in [9.17, 15) is 0 Å². The molecule has 1 fully saturated rings. The third kappa shape index (κ3) is 2.47. The fourth-order valence-electron chi connectivity index (χ4n) is 2.14. The average Bonchev–Trinajstić information content (AvgIpc) is 3.02. The second kappa shape index (κ2) is 5.17. The fourth-order valence-corrected chi connectivity index (χ4v) is 2.14. The lowest BCUT2D eigenvalue weighted by molar-refractivity contribution is 0.883. The molecule has 6 heteroatoms. The van der Waals surface area contributed by atoms with Crippen LogP contribution in [0, 0.1) is 0 Å². The first-order valence-electron chi connectivity index (χ1n) is 6.47. The largest absolute Gasteiger partial charge is 0.357 e. The number of rotatable bonds is 3. The Bertz CT molecular complexity index is 550. The van der Waals surface area contributed by atoms with Gasteiger partial charge in [0.2, 0.25) is 11.9 Å². The van der Waals surface area contributed by atoms with E-state index in [-0.39, 0.29) is 0 Å². The van der Waals surface area contributed by atoms with E-state index in [1.165, 1.54) is 12.8 Å². The summed E-state index contributed by atoms with van der Waals surface area (Å²) in [6.45, 7) is 2.02. The molecule has 6 nitrogen and oxygen atoms in total. The molecule has 19 heavy (non-hydrogen) atoms. The van der Waals surface area contributed by atoms with E-state index in [0.29, 0.717) is 11.8 Å². The maximum Gasteiger partial charge on any atom is 0.230 e. The highest BCUT2D eigenvalue weighted by Crippen LogP contribution is 2.20. The standard InChI is InChI=1S/C13H16N6/c1-14-12-16-11(10-6-2-3-7-15-10)17-13(18-12)19-8-4-5-9-19/h2-3,6-7H,4-5,8-9H2,1H3,(H,14,16,17,18). The number of nitrogens with one attached hydrogen (secondary N) is 1. The zero-order valence-electron chi connectivity index (χ0n) is 10.9. The van der Waals surface area contributed by atoms with Gasteiger partial charge in [-0.05, 0) is 25.0 Å². The van der Waals surface area contributed by atoms with Gasteiger partial charge in [-0.3, -0.25) is 4.98 Å². The molecule has 3 heterocycles. The van der Waals surface area contributed by atoms with E-state index >= 15 is 0 Å². The molecule has 0 aliphatic carbocycles. The van der Waals surface area contributed by atoms with E-state index in [1.54, 1.807) is 6.20 Å². The Morgan fingerprint density at radius 3 is 2.63 bits per heavy atom. The quantitative estimate of drug-likeness (QED) is 0.899. The summed E-state index contributed by atoms with van der Waals surface area (Å²) < 4.78 is 0. The van der Waals surface area contributed by atoms with Crippen LogP contribution in [-0.4, -0.2) is 40.1 Å². The van der Waals surface area contributed by atoms with Crippen molar-refractivity contribution in [1.82, 2.24) is 19.9 Å². The lowest BCUT2D eigenvalue weighted by atomic mass is 10.3. The molecular formula is C13H16N6. The van der Waals surface area contributed by atoms with E-state index in [1.807, 2.05) is 25.2 Å². The molecule has 0 amide bonds. The van der Waals surface area contributed by atoms with Crippen LogP contribution in [0.1, 0.15) is 12.8 Å². The molecule has 0 radical (unpaired) electrons. The van der Waals surface area contributed by atoms with Gasteiger partial charge in [0.15, 0.2) is 5.82 Å². The summed E-state index contributed by atoms with van der Waals surface area (Å²) in [6, 6.07) is 5.72. The summed E-state index contributed by atoms with van der Waals surface area (Å²) in [6.07, 6.45) is 4.13. The van der Waals surface area contributed by atoms with Gasteiger partial charge in [-0.15, -0.1) is 0 Å². The molecule has 1 saturated heterocycles. The minimum Gasteiger partial charge on any atom is -0.357 e. The fraction of sp³-hybridized carbons (Fsp3) is 0.385. The molecule has 1 N–H and O–H groups in total. The van der Waals surface area contributed by atoms with Crippen molar-refractivity contribution in [3.63, 3.8) is 0 Å². The molecule has 0 aromatic carbocycles. The first kappa shape index (κ1) is 11.8. The Kier molecular flexibility index (Phi) is 3.22. The summed E-state index contributed by atoms with van der Waals surface area (Å²) in [7, 11) is 1.81. The van der Waals surface area contributed by atoms with Crippen LogP contribution in [0.5, 0.6) is 0 Å². The van der Waals surface area contributed by atoms with Gasteiger partial charge in [-0.25, -0.2) is 0 Å². The molecular weight excluding hydrogens is 240 g/mol. The Labute approximate surface area is 111 Å². The Morgan fingerprint density at radius 1 is 1.11 bits per heavy atom. The van der Waals surface area contributed by atoms with Crippen molar-refractivity contribution >= 4 is 11.9 Å². The molecule has 2 aromatic rings. The number of hydrogen-bond acceptors (Lipinski definition) is 6. The van der Waals surface area contributed by atoms with Crippen molar-refractivity contribution in [3.05, 3.63) is 24.4 Å². The average molecular weight is 256 g/mol. The lowest BCUT2D eigenvalue weighted by Crippen LogP contribution is -2.21. The highest BCUT2D eigenvalue weighted by molar-refractivity contribution is 5.53. The first-order valence-corrected chi connectivity index (χ1v) is 6.47. The zero-order valence-corrected chi connectivity index (χ0v) is 10.9. The molecule has 1 aliphatic rings. The third-order valence-electron chi connectivity index (χ3n) is 3.13. The topological polar surface area (TPSA) is 66.8 Å². The molecule has 98 valence electrons. The molecule has 3 rings (SSSR count). The molecule has 1 aliphatic heterocycles. The van der Waals surface area contributed by atoms with Gasteiger partial charge in [0.05, 0.1) is 0 Å². The van der Waals surface area contributed by atoms with Crippen molar-refractivity contribution < 1.29 is 0 Å². The first-order chi connectivity index (χ1) is 9.36. The van der Waals surface area contributed by atoms with Gasteiger partial charge >= 0.3 is 0 Å². The number of pyridine rings is 1. The van der Waals surface area contributed by atoms with Crippen LogP contribution in [0.4, 0.5) is 11.9 Å². The number of aromatic nitrogens is 4. The Balaban J connectivity index is 2.02. The van der Waals surface area contributed by atoms with Gasteiger partial charge in [-0.2, -0.15) is 15.0 Å². The van der Waals surface area contributed by atoms with E-state index in [4.69, 9.17) is 0 Å². The van der Waals surface area contributed by atoms with Gasteiger partial charge in [0.1, 0.15) is 5.69 Å². The number of nitrogens with zero attached hydrogens (tertiary/aromatic N) is 5. The van der Waals surface area contributed by atoms with Crippen LogP contribution in [0.15, 0.2) is 24.4 Å². The maximum absolute atomic E-state index is 4.53. The van der Waals surface area contributed by atoms with Crippen molar-refractivity contribution in [1.29, 1.82) is 0 Å². The van der Waals surface area contributed by atoms with Gasteiger partial charge < -0.3 is 10.2 Å². The molecule has 0 atom stereocenters. The highest BCUT2D eigenvalue weighted by Gasteiger charge is 2.17. The third-order valence-corrected chi connectivity index (χ3v) is 3.13. The van der Waals surface area contributed by atoms with Crippen molar-refractivity contribution in [2.75, 3.05) is 30.4 Å². The van der Waals surface area contributed by atoms with E-state index in [2.05, 4.69) is 30.2 Å². The van der Waals surface area contributed by atoms with E-state index in [0.717, 1.165) is 24.7 Å². The van der Waals surface area contributed by atoms with Crippen LogP contribution in [0.25, 0.3) is 11.5 Å². The van der Waals surface area contributed by atoms with Crippen LogP contribution in [0.2, 0.25) is 0 Å². The minimum absolute atomic E-state index is 0.581. The molecule has 0 unspecified atom stereocenters. The van der Waals surface area contributed by atoms with Crippen LogP contribution in [-0.2, 0) is 0 Å². The summed E-state index contributed by atoms with van der Waals surface area (Å²) in [5.74, 6) is 1.93. The summed E-state index contributed by atoms with van der Waals surface area (Å²) in [5.41, 5.74) is 0.766. The van der Waals surface area contributed by atoms with Crippen molar-refractivity contribution in [2.24, 2.45) is 0 Å². The lowest BCUT2D eigenvalue weighted by Gasteiger charge is -2.16. The second-order valence-corrected chi connectivity index (χ2v) is 4.44. The van der Waals surface area contributed by atoms with Crippen molar-refractivity contribution in [2.45, 2.75) is 12.8 Å². The highest BCUT2D eigenvalue weighted by atomic mass is 15.3. The van der Waals surface area contributed by atoms with Gasteiger partial charge in [0.25, 0.3) is 0 Å². The van der Waals surface area contributed by atoms with Crippen LogP contribution in [0.3, 0.4) is 0 Å². The van der Waals surface area contributed by atoms with Crippen LogP contribution >= 0.6 is 0 Å². The number of anilines is 2. The SMILES string of the molecule is CNc1nc(-c2ccccn2)nc(N2CCCC2)n1. The zero-order chi connectivity index (χ0) is 13.1.